The summed E-state index contributed by atoms with van der Waals surface area (Å²) < 4.78 is 10.9. The number of nitrogens with zero attached hydrogens (tertiary/aromatic N) is 3. The van der Waals surface area contributed by atoms with Gasteiger partial charge in [-0.1, -0.05) is 6.07 Å². The number of piperidine rings is 1. The molecule has 8 nitrogen and oxygen atoms in total. The largest absolute Gasteiger partial charge is 0.477 e. The van der Waals surface area contributed by atoms with E-state index in [1.165, 1.54) is 6.20 Å². The molecule has 1 saturated heterocycles. The number of hydrogen-bond acceptors (Lipinski definition) is 6. The molecular weight excluding hydrogens is 348 g/mol. The predicted octanol–water partition coefficient (Wildman–Crippen LogP) is 1.74. The lowest BCUT2D eigenvalue weighted by molar-refractivity contribution is -0.118. The first kappa shape index (κ1) is 17.3. The summed E-state index contributed by atoms with van der Waals surface area (Å²) in [6.45, 7) is 1.87. The van der Waals surface area contributed by atoms with Gasteiger partial charge in [-0.25, -0.2) is 9.97 Å². The number of rotatable bonds is 4. The minimum atomic E-state index is -0.248. The third-order valence-corrected chi connectivity index (χ3v) is 4.72. The Kier molecular flexibility index (Phi) is 4.86. The zero-order valence-corrected chi connectivity index (χ0v) is 14.8. The Balaban J connectivity index is 1.32. The van der Waals surface area contributed by atoms with Crippen molar-refractivity contribution in [2.75, 3.05) is 31.6 Å². The Bertz CT molecular complexity index is 835. The maximum atomic E-state index is 12.7. The first-order chi connectivity index (χ1) is 13.2. The summed E-state index contributed by atoms with van der Waals surface area (Å²) >= 11 is 0. The van der Waals surface area contributed by atoms with Crippen molar-refractivity contribution < 1.29 is 19.1 Å². The number of pyridine rings is 2. The van der Waals surface area contributed by atoms with Gasteiger partial charge in [0.25, 0.3) is 11.8 Å². The summed E-state index contributed by atoms with van der Waals surface area (Å²) in [5.74, 6) is 1.03. The number of amides is 2. The van der Waals surface area contributed by atoms with Crippen molar-refractivity contribution in [3.05, 3.63) is 42.2 Å². The zero-order chi connectivity index (χ0) is 18.6. The number of fused-ring (bicyclic) bond motifs is 1. The second kappa shape index (κ2) is 7.61. The van der Waals surface area contributed by atoms with Crippen molar-refractivity contribution in [3.63, 3.8) is 0 Å². The molecule has 8 heteroatoms. The average molecular weight is 368 g/mol. The van der Waals surface area contributed by atoms with Gasteiger partial charge in [0.05, 0.1) is 12.2 Å². The van der Waals surface area contributed by atoms with E-state index >= 15 is 0 Å². The maximum absolute atomic E-state index is 12.7. The van der Waals surface area contributed by atoms with Crippen LogP contribution in [0.3, 0.4) is 0 Å². The molecule has 0 unspecified atom stereocenters. The van der Waals surface area contributed by atoms with E-state index in [1.807, 2.05) is 23.1 Å². The number of aromatic nitrogens is 2. The van der Waals surface area contributed by atoms with Crippen LogP contribution in [-0.2, 0) is 4.79 Å². The highest BCUT2D eigenvalue weighted by Crippen LogP contribution is 2.27. The number of carbonyl (C=O) groups is 2. The molecule has 0 saturated carbocycles. The van der Waals surface area contributed by atoms with Gasteiger partial charge in [-0.3, -0.25) is 9.59 Å². The van der Waals surface area contributed by atoms with Crippen molar-refractivity contribution in [1.82, 2.24) is 14.9 Å². The molecular formula is C19H20N4O4. The highest BCUT2D eigenvalue weighted by molar-refractivity contribution is 5.99. The van der Waals surface area contributed by atoms with Crippen LogP contribution in [0, 0.1) is 5.92 Å². The van der Waals surface area contributed by atoms with Gasteiger partial charge in [0.1, 0.15) is 5.69 Å². The average Bonchev–Trinajstić information content (AvgIpc) is 2.72. The van der Waals surface area contributed by atoms with Crippen molar-refractivity contribution in [2.24, 2.45) is 5.92 Å². The standard InChI is InChI=1S/C19H20N4O4/c24-16-12-27-18-15(22-16)9-14(10-21-18)19(25)23-7-4-13(5-8-23)11-26-17-3-1-2-6-20-17/h1-3,6,9-10,13H,4-5,7-8,11-12H2,(H,22,24). The minimum absolute atomic E-state index is 0.0542. The number of ether oxygens (including phenoxy) is 2. The van der Waals surface area contributed by atoms with E-state index in [4.69, 9.17) is 9.47 Å². The van der Waals surface area contributed by atoms with E-state index in [0.29, 0.717) is 48.6 Å². The summed E-state index contributed by atoms with van der Waals surface area (Å²) in [6.07, 6.45) is 4.94. The van der Waals surface area contributed by atoms with Gasteiger partial charge in [0, 0.05) is 31.5 Å². The van der Waals surface area contributed by atoms with Crippen molar-refractivity contribution >= 4 is 17.5 Å². The first-order valence-corrected chi connectivity index (χ1v) is 8.95. The third-order valence-electron chi connectivity index (χ3n) is 4.72. The molecule has 0 atom stereocenters. The number of hydrogen-bond donors (Lipinski definition) is 1. The van der Waals surface area contributed by atoms with Crippen LogP contribution in [-0.4, -0.2) is 53.0 Å². The molecule has 2 amide bonds. The van der Waals surface area contributed by atoms with E-state index in [0.717, 1.165) is 12.8 Å². The molecule has 2 aromatic heterocycles. The van der Waals surface area contributed by atoms with Crippen LogP contribution < -0.4 is 14.8 Å². The summed E-state index contributed by atoms with van der Waals surface area (Å²) in [5, 5.41) is 2.68. The monoisotopic (exact) mass is 368 g/mol. The Morgan fingerprint density at radius 1 is 1.30 bits per heavy atom. The number of likely N-dealkylation sites (tertiary alicyclic amines) is 1. The Morgan fingerprint density at radius 2 is 2.15 bits per heavy atom. The maximum Gasteiger partial charge on any atom is 0.262 e. The van der Waals surface area contributed by atoms with E-state index in [-0.39, 0.29) is 18.4 Å². The highest BCUT2D eigenvalue weighted by Gasteiger charge is 2.26. The number of anilines is 1. The van der Waals surface area contributed by atoms with Gasteiger partial charge in [0.15, 0.2) is 6.61 Å². The fourth-order valence-corrected chi connectivity index (χ4v) is 3.21. The summed E-state index contributed by atoms with van der Waals surface area (Å²) in [5.41, 5.74) is 0.887. The number of carbonyl (C=O) groups excluding carboxylic acids is 2. The summed E-state index contributed by atoms with van der Waals surface area (Å²) in [6, 6.07) is 7.20. The van der Waals surface area contributed by atoms with Gasteiger partial charge in [-0.15, -0.1) is 0 Å². The molecule has 0 aliphatic carbocycles. The number of nitrogens with one attached hydrogen (secondary N) is 1. The SMILES string of the molecule is O=C1COc2ncc(C(=O)N3CCC(COc4ccccn4)CC3)cc2N1. The van der Waals surface area contributed by atoms with Crippen molar-refractivity contribution in [2.45, 2.75) is 12.8 Å². The van der Waals surface area contributed by atoms with Crippen molar-refractivity contribution in [1.29, 1.82) is 0 Å². The topological polar surface area (TPSA) is 93.7 Å². The lowest BCUT2D eigenvalue weighted by Gasteiger charge is -2.32. The van der Waals surface area contributed by atoms with Crippen LogP contribution in [0.15, 0.2) is 36.7 Å². The highest BCUT2D eigenvalue weighted by atomic mass is 16.5. The van der Waals surface area contributed by atoms with Gasteiger partial charge in [-0.2, -0.15) is 0 Å². The van der Waals surface area contributed by atoms with Crippen LogP contribution in [0.25, 0.3) is 0 Å². The molecule has 0 bridgehead atoms. The van der Waals surface area contributed by atoms with Crippen molar-refractivity contribution in [3.8, 4) is 11.8 Å². The second-order valence-corrected chi connectivity index (χ2v) is 6.63. The minimum Gasteiger partial charge on any atom is -0.477 e. The third kappa shape index (κ3) is 3.99. The molecule has 4 heterocycles. The molecule has 1 N–H and O–H groups in total. The molecule has 140 valence electrons. The zero-order valence-electron chi connectivity index (χ0n) is 14.8. The van der Waals surface area contributed by atoms with Crippen LogP contribution in [0.1, 0.15) is 23.2 Å². The predicted molar refractivity (Wildman–Crippen MR) is 96.7 cm³/mol. The van der Waals surface area contributed by atoms with Gasteiger partial charge in [0.2, 0.25) is 11.8 Å². The lowest BCUT2D eigenvalue weighted by atomic mass is 9.97. The molecule has 0 radical (unpaired) electrons. The Hall–Kier alpha value is -3.16. The van der Waals surface area contributed by atoms with Crippen LogP contribution in [0.4, 0.5) is 5.69 Å². The summed E-state index contributed by atoms with van der Waals surface area (Å²) in [4.78, 5) is 34.3. The second-order valence-electron chi connectivity index (χ2n) is 6.63. The lowest BCUT2D eigenvalue weighted by Crippen LogP contribution is -2.39. The Labute approximate surface area is 156 Å². The molecule has 0 aromatic carbocycles. The van der Waals surface area contributed by atoms with E-state index in [9.17, 15) is 9.59 Å². The molecule has 27 heavy (non-hydrogen) atoms. The quantitative estimate of drug-likeness (QED) is 0.883. The fraction of sp³-hybridized carbons (Fsp3) is 0.368. The fourth-order valence-electron chi connectivity index (χ4n) is 3.21. The van der Waals surface area contributed by atoms with Crippen LogP contribution >= 0.6 is 0 Å². The van der Waals surface area contributed by atoms with Crippen LogP contribution in [0.5, 0.6) is 11.8 Å². The molecule has 2 aliphatic heterocycles. The first-order valence-electron chi connectivity index (χ1n) is 8.95. The Morgan fingerprint density at radius 3 is 2.93 bits per heavy atom. The van der Waals surface area contributed by atoms with Gasteiger partial charge in [-0.05, 0) is 30.9 Å². The molecule has 2 aliphatic rings. The summed E-state index contributed by atoms with van der Waals surface area (Å²) in [7, 11) is 0. The molecule has 2 aromatic rings. The molecule has 4 rings (SSSR count). The smallest absolute Gasteiger partial charge is 0.262 e. The van der Waals surface area contributed by atoms with E-state index in [2.05, 4.69) is 15.3 Å². The van der Waals surface area contributed by atoms with Gasteiger partial charge >= 0.3 is 0 Å². The molecule has 0 spiro atoms. The van der Waals surface area contributed by atoms with E-state index < -0.39 is 0 Å². The van der Waals surface area contributed by atoms with E-state index in [1.54, 1.807) is 12.3 Å². The normalized spacial score (nSPS) is 16.9. The molecule has 1 fully saturated rings. The van der Waals surface area contributed by atoms with Crippen LogP contribution in [0.2, 0.25) is 0 Å². The van der Waals surface area contributed by atoms with Gasteiger partial charge < -0.3 is 19.7 Å².